The first-order valence-corrected chi connectivity index (χ1v) is 5.22. The van der Waals surface area contributed by atoms with Gasteiger partial charge < -0.3 is 9.47 Å². The van der Waals surface area contributed by atoms with E-state index in [1.807, 2.05) is 19.9 Å². The van der Waals surface area contributed by atoms with Gasteiger partial charge in [-0.05, 0) is 12.1 Å². The normalized spacial score (nSPS) is 17.6. The van der Waals surface area contributed by atoms with Crippen LogP contribution in [0, 0.1) is 0 Å². The maximum Gasteiger partial charge on any atom is 0.345 e. The zero-order valence-corrected chi connectivity index (χ0v) is 8.95. The molecule has 0 saturated heterocycles. The lowest BCUT2D eigenvalue weighted by molar-refractivity contribution is -0.158. The van der Waals surface area contributed by atoms with Crippen LogP contribution in [-0.4, -0.2) is 11.8 Å². The van der Waals surface area contributed by atoms with E-state index in [1.165, 1.54) is 0 Å². The second-order valence-electron chi connectivity index (χ2n) is 3.61. The Kier molecular flexibility index (Phi) is 2.39. The lowest BCUT2D eigenvalue weighted by Gasteiger charge is -2.36. The summed E-state index contributed by atoms with van der Waals surface area (Å²) >= 11 is 0. The van der Waals surface area contributed by atoms with Crippen molar-refractivity contribution in [2.75, 3.05) is 0 Å². The molecule has 0 spiro atoms. The fourth-order valence-corrected chi connectivity index (χ4v) is 1.71. The van der Waals surface area contributed by atoms with Gasteiger partial charge in [0.25, 0.3) is 5.79 Å². The Morgan fingerprint density at radius 1 is 1.13 bits per heavy atom. The number of carbonyl (C=O) groups excluding carboxylic acids is 1. The second kappa shape index (κ2) is 3.57. The first-order valence-electron chi connectivity index (χ1n) is 5.22. The van der Waals surface area contributed by atoms with E-state index in [0.717, 1.165) is 0 Å². The van der Waals surface area contributed by atoms with Crippen molar-refractivity contribution in [3.05, 3.63) is 29.8 Å². The summed E-state index contributed by atoms with van der Waals surface area (Å²) in [6.07, 6.45) is 1.31. The summed E-state index contributed by atoms with van der Waals surface area (Å²) in [4.78, 5) is 11.7. The molecule has 0 aromatic heterocycles. The van der Waals surface area contributed by atoms with Gasteiger partial charge in [0, 0.05) is 12.8 Å². The van der Waals surface area contributed by atoms with Gasteiger partial charge >= 0.3 is 5.97 Å². The third-order valence-electron chi connectivity index (χ3n) is 2.76. The van der Waals surface area contributed by atoms with Crippen molar-refractivity contribution in [3.63, 3.8) is 0 Å². The number of esters is 1. The first kappa shape index (κ1) is 10.0. The number of cyclic esters (lactones) is 1. The Hall–Kier alpha value is -1.51. The van der Waals surface area contributed by atoms with Gasteiger partial charge in [0.1, 0.15) is 11.3 Å². The van der Waals surface area contributed by atoms with Crippen LogP contribution in [0.4, 0.5) is 0 Å². The Labute approximate surface area is 89.0 Å². The minimum atomic E-state index is -0.772. The zero-order valence-electron chi connectivity index (χ0n) is 8.95. The summed E-state index contributed by atoms with van der Waals surface area (Å²) in [6.45, 7) is 3.90. The summed E-state index contributed by atoms with van der Waals surface area (Å²) in [5.74, 6) is -0.441. The van der Waals surface area contributed by atoms with Gasteiger partial charge in [-0.1, -0.05) is 26.0 Å². The van der Waals surface area contributed by atoms with Crippen LogP contribution < -0.4 is 4.74 Å². The van der Waals surface area contributed by atoms with Crippen LogP contribution in [0.15, 0.2) is 24.3 Å². The minimum absolute atomic E-state index is 0.291. The molecule has 1 aliphatic heterocycles. The number of hydrogen-bond donors (Lipinski definition) is 0. The maximum absolute atomic E-state index is 11.7. The number of fused-ring (bicyclic) bond motifs is 1. The van der Waals surface area contributed by atoms with Crippen LogP contribution in [-0.2, 0) is 4.74 Å². The summed E-state index contributed by atoms with van der Waals surface area (Å²) in [7, 11) is 0. The molecule has 0 atom stereocenters. The molecule has 0 radical (unpaired) electrons. The summed E-state index contributed by atoms with van der Waals surface area (Å²) in [5.41, 5.74) is 0.509. The molecular weight excluding hydrogens is 192 g/mol. The highest BCUT2D eigenvalue weighted by atomic mass is 16.7. The molecule has 0 amide bonds. The average molecular weight is 206 g/mol. The van der Waals surface area contributed by atoms with Gasteiger partial charge in [0.2, 0.25) is 0 Å². The highest BCUT2D eigenvalue weighted by molar-refractivity contribution is 5.93. The highest BCUT2D eigenvalue weighted by Crippen LogP contribution is 2.34. The predicted molar refractivity (Wildman–Crippen MR) is 55.8 cm³/mol. The molecule has 0 aliphatic carbocycles. The van der Waals surface area contributed by atoms with Crippen LogP contribution >= 0.6 is 0 Å². The third kappa shape index (κ3) is 1.58. The predicted octanol–water partition coefficient (Wildman–Crippen LogP) is 2.75. The fraction of sp³-hybridized carbons (Fsp3) is 0.417. The Bertz CT molecular complexity index is 380. The SMILES string of the molecule is CCC1(CC)OC(=O)c2ccccc2O1. The van der Waals surface area contributed by atoms with Gasteiger partial charge in [0.15, 0.2) is 0 Å². The number of rotatable bonds is 2. The number of carbonyl (C=O) groups is 1. The van der Waals surface area contributed by atoms with E-state index in [2.05, 4.69) is 0 Å². The van der Waals surface area contributed by atoms with E-state index in [0.29, 0.717) is 24.2 Å². The molecule has 0 fully saturated rings. The van der Waals surface area contributed by atoms with E-state index < -0.39 is 5.79 Å². The summed E-state index contributed by atoms with van der Waals surface area (Å²) in [6, 6.07) is 7.17. The van der Waals surface area contributed by atoms with Crippen LogP contribution in [0.25, 0.3) is 0 Å². The molecular formula is C12H14O3. The first-order chi connectivity index (χ1) is 7.21. The standard InChI is InChI=1S/C12H14O3/c1-3-12(4-2)14-10-8-6-5-7-9(10)11(13)15-12/h5-8H,3-4H2,1-2H3. The summed E-state index contributed by atoms with van der Waals surface area (Å²) < 4.78 is 11.1. The average Bonchev–Trinajstić information content (AvgIpc) is 2.29. The maximum atomic E-state index is 11.7. The van der Waals surface area contributed by atoms with Crippen molar-refractivity contribution in [2.24, 2.45) is 0 Å². The molecule has 0 N–H and O–H groups in total. The molecule has 3 heteroatoms. The molecule has 2 rings (SSSR count). The van der Waals surface area contributed by atoms with E-state index >= 15 is 0 Å². The topological polar surface area (TPSA) is 35.5 Å². The van der Waals surface area contributed by atoms with Gasteiger partial charge in [-0.2, -0.15) is 0 Å². The molecule has 15 heavy (non-hydrogen) atoms. The highest BCUT2D eigenvalue weighted by Gasteiger charge is 2.38. The molecule has 1 aromatic carbocycles. The molecule has 0 saturated carbocycles. The van der Waals surface area contributed by atoms with Gasteiger partial charge in [-0.15, -0.1) is 0 Å². The molecule has 0 bridgehead atoms. The van der Waals surface area contributed by atoms with Crippen LogP contribution in [0.2, 0.25) is 0 Å². The number of hydrogen-bond acceptors (Lipinski definition) is 3. The lowest BCUT2D eigenvalue weighted by atomic mass is 10.1. The quantitative estimate of drug-likeness (QED) is 0.698. The molecule has 1 heterocycles. The van der Waals surface area contributed by atoms with Crippen molar-refractivity contribution < 1.29 is 14.3 Å². The van der Waals surface area contributed by atoms with Crippen LogP contribution in [0.1, 0.15) is 37.0 Å². The largest absolute Gasteiger partial charge is 0.451 e. The second-order valence-corrected chi connectivity index (χ2v) is 3.61. The van der Waals surface area contributed by atoms with Crippen molar-refractivity contribution in [1.82, 2.24) is 0 Å². The van der Waals surface area contributed by atoms with Gasteiger partial charge in [0.05, 0.1) is 0 Å². The molecule has 1 aromatic rings. The van der Waals surface area contributed by atoms with E-state index in [4.69, 9.17) is 9.47 Å². The lowest BCUT2D eigenvalue weighted by Crippen LogP contribution is -2.43. The fourth-order valence-electron chi connectivity index (χ4n) is 1.71. The van der Waals surface area contributed by atoms with Crippen molar-refractivity contribution in [3.8, 4) is 5.75 Å². The van der Waals surface area contributed by atoms with Crippen molar-refractivity contribution in [2.45, 2.75) is 32.5 Å². The third-order valence-corrected chi connectivity index (χ3v) is 2.76. The molecule has 0 unspecified atom stereocenters. The minimum Gasteiger partial charge on any atom is -0.451 e. The van der Waals surface area contributed by atoms with E-state index in [-0.39, 0.29) is 5.97 Å². The number of para-hydroxylation sites is 1. The van der Waals surface area contributed by atoms with E-state index in [9.17, 15) is 4.79 Å². The Morgan fingerprint density at radius 2 is 1.80 bits per heavy atom. The Morgan fingerprint density at radius 3 is 2.47 bits per heavy atom. The van der Waals surface area contributed by atoms with Crippen LogP contribution in [0.5, 0.6) is 5.75 Å². The monoisotopic (exact) mass is 206 g/mol. The van der Waals surface area contributed by atoms with E-state index in [1.54, 1.807) is 18.2 Å². The molecule has 80 valence electrons. The van der Waals surface area contributed by atoms with Crippen molar-refractivity contribution >= 4 is 5.97 Å². The number of ether oxygens (including phenoxy) is 2. The number of benzene rings is 1. The zero-order chi connectivity index (χ0) is 10.9. The smallest absolute Gasteiger partial charge is 0.345 e. The van der Waals surface area contributed by atoms with Crippen molar-refractivity contribution in [1.29, 1.82) is 0 Å². The molecule has 3 nitrogen and oxygen atoms in total. The molecule has 1 aliphatic rings. The Balaban J connectivity index is 2.41. The van der Waals surface area contributed by atoms with Gasteiger partial charge in [-0.3, -0.25) is 0 Å². The summed E-state index contributed by atoms with van der Waals surface area (Å²) in [5, 5.41) is 0. The van der Waals surface area contributed by atoms with Crippen LogP contribution in [0.3, 0.4) is 0 Å². The van der Waals surface area contributed by atoms with Gasteiger partial charge in [-0.25, -0.2) is 4.79 Å².